The minimum absolute atomic E-state index is 0. The van der Waals surface area contributed by atoms with Crippen LogP contribution in [-0.2, 0) is 31.1 Å². The van der Waals surface area contributed by atoms with Gasteiger partial charge in [-0.3, -0.25) is 0 Å². The molecule has 0 radical (unpaired) electrons. The van der Waals surface area contributed by atoms with Gasteiger partial charge in [0, 0.05) is 0 Å². The third kappa shape index (κ3) is 7.08. The van der Waals surface area contributed by atoms with E-state index in [0.717, 1.165) is 0 Å². The van der Waals surface area contributed by atoms with Crippen molar-refractivity contribution in [1.29, 1.82) is 0 Å². The van der Waals surface area contributed by atoms with Gasteiger partial charge in [0.15, 0.2) is 0 Å². The van der Waals surface area contributed by atoms with E-state index in [9.17, 15) is 0 Å². The van der Waals surface area contributed by atoms with E-state index >= 15 is 0 Å². The van der Waals surface area contributed by atoms with Gasteiger partial charge in [-0.1, -0.05) is 0 Å². The zero-order valence-corrected chi connectivity index (χ0v) is 38.9. The summed E-state index contributed by atoms with van der Waals surface area (Å²) in [6, 6.07) is 24.2. The third-order valence-electron chi connectivity index (χ3n) is 12.9. The van der Waals surface area contributed by atoms with Gasteiger partial charge < -0.3 is 24.8 Å². The van der Waals surface area contributed by atoms with Crippen molar-refractivity contribution in [2.75, 3.05) is 0 Å². The van der Waals surface area contributed by atoms with Crippen molar-refractivity contribution in [3.05, 3.63) is 127 Å². The van der Waals surface area contributed by atoms with Crippen molar-refractivity contribution >= 4 is 12.2 Å². The maximum absolute atomic E-state index is 2.95. The Morgan fingerprint density at radius 2 is 0.830 bits per heavy atom. The molecular formula is C50H62Cl2Zr. The zero-order chi connectivity index (χ0) is 36.9. The van der Waals surface area contributed by atoms with E-state index in [1.54, 1.807) is 33.4 Å². The van der Waals surface area contributed by atoms with E-state index in [2.05, 4.69) is 170 Å². The van der Waals surface area contributed by atoms with Crippen LogP contribution >= 0.6 is 0 Å². The molecule has 0 aromatic heterocycles. The topological polar surface area (TPSA) is 0 Å². The summed E-state index contributed by atoms with van der Waals surface area (Å²) in [7, 11) is 0. The predicted molar refractivity (Wildman–Crippen MR) is 221 cm³/mol. The van der Waals surface area contributed by atoms with Gasteiger partial charge in [-0.2, -0.15) is 0 Å². The molecule has 0 spiro atoms. The number of benzene rings is 4. The van der Waals surface area contributed by atoms with Crippen LogP contribution < -0.4 is 24.8 Å². The molecule has 2 atom stereocenters. The van der Waals surface area contributed by atoms with E-state index < -0.39 is 20.3 Å². The second kappa shape index (κ2) is 14.7. The molecule has 3 aliphatic rings. The SMILES string of the molecule is Cc1cc(C)c2c(c1-c1ccc(C(C)(C)C)cc1)C=C(C(C)C)[CH]2[Zr+2]1([CH]2C(C(C)C)=Cc3c(-c4ccc(C(C)(C)C)cc4)c(C)cc(C)c32)[CH2][CH2]1.[Cl-].[Cl-]. The molecule has 0 nitrogen and oxygen atoms in total. The normalized spacial score (nSPS) is 18.0. The first-order valence-corrected chi connectivity index (χ1v) is 26.1. The average Bonchev–Trinajstić information content (AvgIpc) is 3.54. The molecule has 1 saturated heterocycles. The quantitative estimate of drug-likeness (QED) is 0.183. The van der Waals surface area contributed by atoms with Crippen LogP contribution in [0.15, 0.2) is 71.8 Å². The van der Waals surface area contributed by atoms with E-state index in [-0.39, 0.29) is 35.6 Å². The van der Waals surface area contributed by atoms with Gasteiger partial charge in [0.25, 0.3) is 0 Å². The second-order valence-corrected chi connectivity index (χ2v) is 30.6. The van der Waals surface area contributed by atoms with Crippen LogP contribution in [0.5, 0.6) is 0 Å². The molecule has 0 amide bonds. The fraction of sp³-hybridized carbons (Fsp3) is 0.440. The van der Waals surface area contributed by atoms with Crippen molar-refractivity contribution in [1.82, 2.24) is 0 Å². The Morgan fingerprint density at radius 3 is 1.09 bits per heavy atom. The molecule has 4 aromatic rings. The molecule has 7 rings (SSSR count). The number of halogens is 2. The van der Waals surface area contributed by atoms with Crippen molar-refractivity contribution in [2.24, 2.45) is 11.8 Å². The van der Waals surface area contributed by atoms with Gasteiger partial charge in [0.05, 0.1) is 0 Å². The third-order valence-corrected chi connectivity index (χ3v) is 25.7. The van der Waals surface area contributed by atoms with Gasteiger partial charge in [-0.05, 0) is 0 Å². The Bertz CT molecular complexity index is 1940. The van der Waals surface area contributed by atoms with Crippen molar-refractivity contribution in [3.63, 3.8) is 0 Å². The number of hydrogen-bond donors (Lipinski definition) is 0. The maximum atomic E-state index is 2.70. The van der Waals surface area contributed by atoms with Crippen LogP contribution in [-0.4, -0.2) is 0 Å². The summed E-state index contributed by atoms with van der Waals surface area (Å²) in [4.78, 5) is 0. The molecule has 0 bridgehead atoms. The van der Waals surface area contributed by atoms with Gasteiger partial charge in [0.2, 0.25) is 0 Å². The Morgan fingerprint density at radius 1 is 0.509 bits per heavy atom. The monoisotopic (exact) mass is 822 g/mol. The van der Waals surface area contributed by atoms with Crippen LogP contribution in [0.1, 0.15) is 132 Å². The minimum atomic E-state index is -2.95. The number of allylic oxidation sites excluding steroid dienone is 2. The van der Waals surface area contributed by atoms with Crippen LogP contribution in [0.3, 0.4) is 0 Å². The Kier molecular flexibility index (Phi) is 11.7. The first-order chi connectivity index (χ1) is 23.8. The molecule has 1 fully saturated rings. The molecule has 1 heterocycles. The molecule has 280 valence electrons. The van der Waals surface area contributed by atoms with Crippen molar-refractivity contribution in [2.45, 2.75) is 123 Å². The first-order valence-electron chi connectivity index (χ1n) is 19.8. The molecule has 4 aromatic carbocycles. The summed E-state index contributed by atoms with van der Waals surface area (Å²) < 4.78 is 4.25. The molecule has 3 heteroatoms. The second-order valence-electron chi connectivity index (χ2n) is 19.3. The molecule has 0 saturated carbocycles. The van der Waals surface area contributed by atoms with Crippen LogP contribution in [0.25, 0.3) is 34.4 Å². The summed E-state index contributed by atoms with van der Waals surface area (Å²) in [6.07, 6.45) is 5.40. The summed E-state index contributed by atoms with van der Waals surface area (Å²) in [5, 5.41) is 0. The Labute approximate surface area is 339 Å². The molecule has 2 aliphatic carbocycles. The van der Waals surface area contributed by atoms with Crippen LogP contribution in [0.2, 0.25) is 8.26 Å². The fourth-order valence-corrected chi connectivity index (χ4v) is 28.7. The molecule has 53 heavy (non-hydrogen) atoms. The molecule has 2 unspecified atom stereocenters. The van der Waals surface area contributed by atoms with Gasteiger partial charge in [-0.25, -0.2) is 0 Å². The summed E-state index contributed by atoms with van der Waals surface area (Å²) in [5.41, 5.74) is 24.6. The zero-order valence-electron chi connectivity index (χ0n) is 34.9. The summed E-state index contributed by atoms with van der Waals surface area (Å²) in [6.45, 7) is 33.4. The number of fused-ring (bicyclic) bond motifs is 2. The fourth-order valence-electron chi connectivity index (χ4n) is 10.1. The number of rotatable bonds is 6. The van der Waals surface area contributed by atoms with Gasteiger partial charge in [0.1, 0.15) is 0 Å². The predicted octanol–water partition coefficient (Wildman–Crippen LogP) is 8.75. The van der Waals surface area contributed by atoms with E-state index in [4.69, 9.17) is 0 Å². The van der Waals surface area contributed by atoms with E-state index in [1.165, 1.54) is 63.9 Å². The molecule has 1 aliphatic heterocycles. The van der Waals surface area contributed by atoms with E-state index in [1.807, 2.05) is 0 Å². The molecule has 0 N–H and O–H groups in total. The number of hydrogen-bond acceptors (Lipinski definition) is 0. The van der Waals surface area contributed by atoms with Crippen LogP contribution in [0, 0.1) is 39.5 Å². The summed E-state index contributed by atoms with van der Waals surface area (Å²) in [5.74, 6) is 1.08. The maximum Gasteiger partial charge on any atom is -1.00 e. The van der Waals surface area contributed by atoms with Gasteiger partial charge >= 0.3 is 317 Å². The Hall–Kier alpha value is -2.18. The van der Waals surface area contributed by atoms with Crippen molar-refractivity contribution < 1.29 is 45.1 Å². The summed E-state index contributed by atoms with van der Waals surface area (Å²) >= 11 is -2.95. The average molecular weight is 825 g/mol. The Balaban J connectivity index is 0.00000271. The molecular weight excluding hydrogens is 763 g/mol. The number of aryl methyl sites for hydroxylation is 4. The largest absolute Gasteiger partial charge is 1.00 e. The minimum Gasteiger partial charge on any atom is -1.00 e. The van der Waals surface area contributed by atoms with Crippen LogP contribution in [0.4, 0.5) is 0 Å². The standard InChI is InChI=1S/2C24H29.C2H4.2ClH.Zr/c2*1-15(2)19-13-21-16(3)12-17(4)23(22(21)14-19)18-8-10-20(11-9-18)24(5,6)7;1-2;;;/h2*8-15H,1-7H3;1-2H2;2*1H;/q;;;;;+2/p-2. The smallest absolute Gasteiger partial charge is 1.00 e. The van der Waals surface area contributed by atoms with Gasteiger partial charge in [-0.15, -0.1) is 0 Å². The van der Waals surface area contributed by atoms with Crippen molar-refractivity contribution in [3.8, 4) is 22.3 Å². The van der Waals surface area contributed by atoms with E-state index in [0.29, 0.717) is 19.1 Å². The first kappa shape index (κ1) is 42.0.